The maximum Gasteiger partial charge on any atom is 0.409 e. The molecule has 1 atom stereocenters. The summed E-state index contributed by atoms with van der Waals surface area (Å²) in [6, 6.07) is -0.438. The Labute approximate surface area is 111 Å². The van der Waals surface area contributed by atoms with Crippen molar-refractivity contribution in [1.29, 1.82) is 0 Å². The minimum absolute atomic E-state index is 0. The van der Waals surface area contributed by atoms with E-state index in [0.717, 1.165) is 0 Å². The first kappa shape index (κ1) is 18.6. The number of hydrogen-bond donors (Lipinski definition) is 0. The third-order valence-electron chi connectivity index (χ3n) is 2.52. The predicted molar refractivity (Wildman–Crippen MR) is 73.6 cm³/mol. The normalized spacial score (nSPS) is 12.7. The minimum atomic E-state index is -0.476. The fourth-order valence-electron chi connectivity index (χ4n) is 1.63. The largest absolute Gasteiger partial charge is 0.453 e. The summed E-state index contributed by atoms with van der Waals surface area (Å²) in [6.45, 7) is 9.42. The van der Waals surface area contributed by atoms with Gasteiger partial charge in [0.25, 0.3) is 0 Å². The maximum absolute atomic E-state index is 12.2. The third kappa shape index (κ3) is 4.98. The zero-order valence-corrected chi connectivity index (χ0v) is 12.8. The molecule has 0 aliphatic rings. The molecule has 0 fully saturated rings. The van der Waals surface area contributed by atoms with E-state index in [9.17, 15) is 9.59 Å². The van der Waals surface area contributed by atoms with Crippen LogP contribution in [-0.2, 0) is 9.53 Å². The van der Waals surface area contributed by atoms with Gasteiger partial charge in [0.15, 0.2) is 5.78 Å². The second-order valence-electron chi connectivity index (χ2n) is 5.38. The standard InChI is InChI=1S/C12H23NO3.H2S/c1-8(2)9(10(14)12(3,4)5)13(6)11(15)16-7;/h8-9H,1-7H3;1H2/t9-;/m0./s1. The van der Waals surface area contributed by atoms with Crippen LogP contribution in [0.3, 0.4) is 0 Å². The monoisotopic (exact) mass is 263 g/mol. The van der Waals surface area contributed by atoms with Crippen LogP contribution >= 0.6 is 13.5 Å². The third-order valence-corrected chi connectivity index (χ3v) is 2.52. The average Bonchev–Trinajstić information content (AvgIpc) is 2.14. The Kier molecular flexibility index (Phi) is 7.56. The molecule has 0 unspecified atom stereocenters. The van der Waals surface area contributed by atoms with Crippen LogP contribution in [0, 0.1) is 11.3 Å². The summed E-state index contributed by atoms with van der Waals surface area (Å²) in [7, 11) is 2.91. The Balaban J connectivity index is 0. The first-order valence-electron chi connectivity index (χ1n) is 5.48. The summed E-state index contributed by atoms with van der Waals surface area (Å²) in [5.41, 5.74) is -0.461. The number of Topliss-reactive ketones (excluding diaryl/α,β-unsaturated/α-hetero) is 1. The Morgan fingerprint density at radius 2 is 1.59 bits per heavy atom. The highest BCUT2D eigenvalue weighted by Gasteiger charge is 2.36. The van der Waals surface area contributed by atoms with Crippen LogP contribution in [0.25, 0.3) is 0 Å². The molecule has 0 aromatic carbocycles. The molecule has 0 saturated heterocycles. The summed E-state index contributed by atoms with van der Waals surface area (Å²) in [5.74, 6) is 0.117. The Hall–Kier alpha value is -0.710. The van der Waals surface area contributed by atoms with Gasteiger partial charge in [0, 0.05) is 12.5 Å². The van der Waals surface area contributed by atoms with Crippen LogP contribution in [-0.4, -0.2) is 37.0 Å². The highest BCUT2D eigenvalue weighted by Crippen LogP contribution is 2.23. The second-order valence-corrected chi connectivity index (χ2v) is 5.38. The van der Waals surface area contributed by atoms with Gasteiger partial charge in [-0.25, -0.2) is 4.79 Å². The molecule has 0 heterocycles. The SMILES string of the molecule is COC(=O)N(C)[C@H](C(=O)C(C)(C)C)C(C)C.S. The maximum atomic E-state index is 12.2. The lowest BCUT2D eigenvalue weighted by Gasteiger charge is -2.33. The van der Waals surface area contributed by atoms with Crippen LogP contribution in [0.4, 0.5) is 4.79 Å². The van der Waals surface area contributed by atoms with Crippen molar-refractivity contribution < 1.29 is 14.3 Å². The number of carbonyl (C=O) groups excluding carboxylic acids is 2. The fraction of sp³-hybridized carbons (Fsp3) is 0.833. The molecule has 0 aromatic heterocycles. The summed E-state index contributed by atoms with van der Waals surface area (Å²) in [5, 5.41) is 0. The van der Waals surface area contributed by atoms with Gasteiger partial charge in [0.1, 0.15) is 0 Å². The van der Waals surface area contributed by atoms with Gasteiger partial charge >= 0.3 is 6.09 Å². The van der Waals surface area contributed by atoms with Gasteiger partial charge in [-0.15, -0.1) is 0 Å². The van der Waals surface area contributed by atoms with Gasteiger partial charge in [-0.05, 0) is 5.92 Å². The Morgan fingerprint density at radius 3 is 1.82 bits per heavy atom. The number of hydrogen-bond acceptors (Lipinski definition) is 3. The molecule has 5 heteroatoms. The van der Waals surface area contributed by atoms with E-state index >= 15 is 0 Å². The van der Waals surface area contributed by atoms with Gasteiger partial charge in [-0.1, -0.05) is 34.6 Å². The van der Waals surface area contributed by atoms with Gasteiger partial charge in [0.2, 0.25) is 0 Å². The van der Waals surface area contributed by atoms with Crippen molar-refractivity contribution in [3.63, 3.8) is 0 Å². The number of nitrogens with zero attached hydrogens (tertiary/aromatic N) is 1. The number of amides is 1. The molecule has 0 aliphatic heterocycles. The number of likely N-dealkylation sites (N-methyl/N-ethyl adjacent to an activating group) is 1. The molecule has 0 aliphatic carbocycles. The second kappa shape index (κ2) is 6.89. The van der Waals surface area contributed by atoms with Gasteiger partial charge in [0.05, 0.1) is 13.2 Å². The quantitative estimate of drug-likeness (QED) is 0.785. The van der Waals surface area contributed by atoms with Crippen molar-refractivity contribution in [2.75, 3.05) is 14.2 Å². The highest BCUT2D eigenvalue weighted by atomic mass is 32.1. The molecule has 0 N–H and O–H groups in total. The topological polar surface area (TPSA) is 46.6 Å². The first-order valence-corrected chi connectivity index (χ1v) is 5.48. The van der Waals surface area contributed by atoms with Gasteiger partial charge < -0.3 is 9.64 Å². The molecule has 1 amide bonds. The number of methoxy groups -OCH3 is 1. The lowest BCUT2D eigenvalue weighted by molar-refractivity contribution is -0.132. The summed E-state index contributed by atoms with van der Waals surface area (Å²) in [4.78, 5) is 25.0. The van der Waals surface area contributed by atoms with Crippen molar-refractivity contribution in [1.82, 2.24) is 4.90 Å². The smallest absolute Gasteiger partial charge is 0.409 e. The van der Waals surface area contributed by atoms with Crippen LogP contribution in [0.1, 0.15) is 34.6 Å². The Morgan fingerprint density at radius 1 is 1.18 bits per heavy atom. The van der Waals surface area contributed by atoms with Crippen molar-refractivity contribution in [3.05, 3.63) is 0 Å². The molecule has 4 nitrogen and oxygen atoms in total. The molecule has 102 valence electrons. The molecule has 0 spiro atoms. The summed E-state index contributed by atoms with van der Waals surface area (Å²) in [6.07, 6.45) is -0.476. The lowest BCUT2D eigenvalue weighted by Crippen LogP contribution is -2.49. The van der Waals surface area contributed by atoms with Crippen molar-refractivity contribution >= 4 is 25.4 Å². The van der Waals surface area contributed by atoms with E-state index in [0.29, 0.717) is 0 Å². The summed E-state index contributed by atoms with van der Waals surface area (Å²) < 4.78 is 4.64. The lowest BCUT2D eigenvalue weighted by atomic mass is 9.82. The van der Waals surface area contributed by atoms with Gasteiger partial charge in [-0.3, -0.25) is 4.79 Å². The number of ketones is 1. The Bertz CT molecular complexity index is 271. The number of ether oxygens (including phenoxy) is 1. The zero-order valence-electron chi connectivity index (χ0n) is 11.8. The number of rotatable bonds is 3. The molecule has 0 aromatic rings. The predicted octanol–water partition coefficient (Wildman–Crippen LogP) is 2.44. The van der Waals surface area contributed by atoms with E-state index in [2.05, 4.69) is 4.74 Å². The molecular formula is C12H25NO3S. The molecule has 0 saturated carbocycles. The zero-order chi connectivity index (χ0) is 13.1. The molecular weight excluding hydrogens is 238 g/mol. The van der Waals surface area contributed by atoms with Crippen molar-refractivity contribution in [2.24, 2.45) is 11.3 Å². The molecule has 0 radical (unpaired) electrons. The molecule has 0 bridgehead atoms. The van der Waals surface area contributed by atoms with E-state index in [-0.39, 0.29) is 25.2 Å². The molecule has 17 heavy (non-hydrogen) atoms. The fourth-order valence-corrected chi connectivity index (χ4v) is 1.63. The van der Waals surface area contributed by atoms with E-state index < -0.39 is 17.6 Å². The van der Waals surface area contributed by atoms with E-state index in [1.54, 1.807) is 7.05 Å². The number of carbonyl (C=O) groups is 2. The minimum Gasteiger partial charge on any atom is -0.453 e. The molecule has 0 rings (SSSR count). The van der Waals surface area contributed by atoms with Crippen molar-refractivity contribution in [3.8, 4) is 0 Å². The first-order chi connectivity index (χ1) is 7.12. The van der Waals surface area contributed by atoms with Crippen LogP contribution < -0.4 is 0 Å². The average molecular weight is 263 g/mol. The summed E-state index contributed by atoms with van der Waals surface area (Å²) >= 11 is 0. The van der Waals surface area contributed by atoms with Crippen LogP contribution in [0.15, 0.2) is 0 Å². The van der Waals surface area contributed by atoms with Crippen LogP contribution in [0.2, 0.25) is 0 Å². The van der Waals surface area contributed by atoms with Crippen molar-refractivity contribution in [2.45, 2.75) is 40.7 Å². The van der Waals surface area contributed by atoms with E-state index in [1.807, 2.05) is 34.6 Å². The van der Waals surface area contributed by atoms with Gasteiger partial charge in [-0.2, -0.15) is 13.5 Å². The highest BCUT2D eigenvalue weighted by molar-refractivity contribution is 7.59. The van der Waals surface area contributed by atoms with E-state index in [4.69, 9.17) is 0 Å². The van der Waals surface area contributed by atoms with E-state index in [1.165, 1.54) is 12.0 Å². The van der Waals surface area contributed by atoms with Crippen LogP contribution in [0.5, 0.6) is 0 Å².